The van der Waals surface area contributed by atoms with Crippen LogP contribution in [0.2, 0.25) is 0 Å². The van der Waals surface area contributed by atoms with E-state index in [1.165, 1.54) is 14.0 Å². The molecular weight excluding hydrogens is 330 g/mol. The molecule has 0 aromatic heterocycles. The average Bonchev–Trinajstić information content (AvgIpc) is 2.37. The predicted molar refractivity (Wildman–Crippen MR) is 74.9 cm³/mol. The standard InChI is InChI=1S/C13H14BrNO5/c1-7(16)15-10(13(18)19)6-11(17)8-3-4-12(20-2)9(14)5-8/h3-5,10H,6H2,1-2H3,(H,15,16)(H,18,19). The van der Waals surface area contributed by atoms with Gasteiger partial charge in [-0.25, -0.2) is 4.79 Å². The summed E-state index contributed by atoms with van der Waals surface area (Å²) >= 11 is 3.25. The minimum Gasteiger partial charge on any atom is -0.496 e. The second-order valence-electron chi connectivity index (χ2n) is 4.07. The van der Waals surface area contributed by atoms with Crippen molar-refractivity contribution in [3.63, 3.8) is 0 Å². The van der Waals surface area contributed by atoms with Crippen LogP contribution in [0.4, 0.5) is 0 Å². The molecule has 0 spiro atoms. The van der Waals surface area contributed by atoms with E-state index in [9.17, 15) is 14.4 Å². The number of ether oxygens (including phenoxy) is 1. The van der Waals surface area contributed by atoms with Crippen molar-refractivity contribution in [1.82, 2.24) is 5.32 Å². The van der Waals surface area contributed by atoms with Gasteiger partial charge < -0.3 is 15.2 Å². The largest absolute Gasteiger partial charge is 0.496 e. The Kier molecular flexibility index (Phi) is 5.69. The Morgan fingerprint density at radius 2 is 2.05 bits per heavy atom. The molecule has 0 heterocycles. The quantitative estimate of drug-likeness (QED) is 0.765. The highest BCUT2D eigenvalue weighted by Gasteiger charge is 2.23. The molecule has 7 heteroatoms. The lowest BCUT2D eigenvalue weighted by Gasteiger charge is -2.12. The van der Waals surface area contributed by atoms with Crippen LogP contribution < -0.4 is 10.1 Å². The average molecular weight is 344 g/mol. The summed E-state index contributed by atoms with van der Waals surface area (Å²) in [5.41, 5.74) is 0.342. The number of aliphatic carboxylic acids is 1. The van der Waals surface area contributed by atoms with Crippen molar-refractivity contribution in [2.24, 2.45) is 0 Å². The number of carbonyl (C=O) groups excluding carboxylic acids is 2. The number of rotatable bonds is 6. The molecule has 20 heavy (non-hydrogen) atoms. The Hall–Kier alpha value is -1.89. The molecule has 0 aliphatic heterocycles. The van der Waals surface area contributed by atoms with Gasteiger partial charge in [0, 0.05) is 18.9 Å². The number of ketones is 1. The number of hydrogen-bond acceptors (Lipinski definition) is 4. The molecule has 1 rings (SSSR count). The fourth-order valence-electron chi connectivity index (χ4n) is 1.59. The maximum absolute atomic E-state index is 12.0. The van der Waals surface area contributed by atoms with Crippen molar-refractivity contribution in [1.29, 1.82) is 0 Å². The number of carbonyl (C=O) groups is 3. The summed E-state index contributed by atoms with van der Waals surface area (Å²) < 4.78 is 5.64. The number of amides is 1. The van der Waals surface area contributed by atoms with Gasteiger partial charge in [-0.1, -0.05) is 0 Å². The van der Waals surface area contributed by atoms with Gasteiger partial charge in [-0.3, -0.25) is 9.59 Å². The molecule has 0 bridgehead atoms. The van der Waals surface area contributed by atoms with Crippen molar-refractivity contribution in [3.8, 4) is 5.75 Å². The van der Waals surface area contributed by atoms with Gasteiger partial charge in [-0.15, -0.1) is 0 Å². The van der Waals surface area contributed by atoms with E-state index in [4.69, 9.17) is 9.84 Å². The first-order valence-corrected chi connectivity index (χ1v) is 6.51. The molecule has 1 aromatic rings. The highest BCUT2D eigenvalue weighted by Crippen LogP contribution is 2.26. The molecule has 0 aliphatic rings. The van der Waals surface area contributed by atoms with Crippen molar-refractivity contribution in [2.75, 3.05) is 7.11 Å². The molecule has 0 fully saturated rings. The highest BCUT2D eigenvalue weighted by molar-refractivity contribution is 9.10. The van der Waals surface area contributed by atoms with Crippen molar-refractivity contribution in [3.05, 3.63) is 28.2 Å². The van der Waals surface area contributed by atoms with Crippen LogP contribution in [0, 0.1) is 0 Å². The summed E-state index contributed by atoms with van der Waals surface area (Å²) in [6.45, 7) is 1.20. The Morgan fingerprint density at radius 1 is 1.40 bits per heavy atom. The molecule has 1 unspecified atom stereocenters. The van der Waals surface area contributed by atoms with Gasteiger partial charge in [0.1, 0.15) is 11.8 Å². The van der Waals surface area contributed by atoms with E-state index in [-0.39, 0.29) is 12.2 Å². The van der Waals surface area contributed by atoms with E-state index >= 15 is 0 Å². The summed E-state index contributed by atoms with van der Waals surface area (Å²) in [6, 6.07) is 3.46. The number of carboxylic acids is 1. The molecule has 2 N–H and O–H groups in total. The SMILES string of the molecule is COc1ccc(C(=O)CC(NC(C)=O)C(=O)O)cc1Br. The third-order valence-corrected chi connectivity index (χ3v) is 3.16. The minimum atomic E-state index is -1.25. The zero-order valence-electron chi connectivity index (χ0n) is 11.0. The van der Waals surface area contributed by atoms with E-state index in [1.807, 2.05) is 0 Å². The Bertz CT molecular complexity index is 544. The van der Waals surface area contributed by atoms with Gasteiger partial charge in [0.25, 0.3) is 0 Å². The van der Waals surface area contributed by atoms with Crippen molar-refractivity contribution >= 4 is 33.6 Å². The first kappa shape index (κ1) is 16.2. The van der Waals surface area contributed by atoms with Crippen LogP contribution in [0.5, 0.6) is 5.75 Å². The van der Waals surface area contributed by atoms with E-state index < -0.39 is 17.9 Å². The maximum Gasteiger partial charge on any atom is 0.326 e. The number of methoxy groups -OCH3 is 1. The molecule has 1 amide bonds. The summed E-state index contributed by atoms with van der Waals surface area (Å²) in [5, 5.41) is 11.2. The van der Waals surface area contributed by atoms with Crippen molar-refractivity contribution in [2.45, 2.75) is 19.4 Å². The predicted octanol–water partition coefficient (Wildman–Crippen LogP) is 1.62. The number of benzene rings is 1. The summed E-state index contributed by atoms with van der Waals surface area (Å²) in [4.78, 5) is 33.9. The molecule has 0 aliphatic carbocycles. The molecular formula is C13H14BrNO5. The molecule has 0 radical (unpaired) electrons. The maximum atomic E-state index is 12.0. The first-order chi connectivity index (χ1) is 9.35. The van der Waals surface area contributed by atoms with Crippen LogP contribution in [-0.2, 0) is 9.59 Å². The van der Waals surface area contributed by atoms with Gasteiger partial charge >= 0.3 is 5.97 Å². The number of halogens is 1. The Balaban J connectivity index is 2.86. The number of Topliss-reactive ketones (excluding diaryl/α,β-unsaturated/α-hetero) is 1. The second-order valence-corrected chi connectivity index (χ2v) is 4.92. The monoisotopic (exact) mass is 343 g/mol. The van der Waals surface area contributed by atoms with E-state index in [2.05, 4.69) is 21.2 Å². The topological polar surface area (TPSA) is 92.7 Å². The minimum absolute atomic E-state index is 0.312. The third kappa shape index (κ3) is 4.34. The van der Waals surface area contributed by atoms with Crippen LogP contribution >= 0.6 is 15.9 Å². The fraction of sp³-hybridized carbons (Fsp3) is 0.308. The van der Waals surface area contributed by atoms with Crippen molar-refractivity contribution < 1.29 is 24.2 Å². The van der Waals surface area contributed by atoms with Gasteiger partial charge in [-0.2, -0.15) is 0 Å². The lowest BCUT2D eigenvalue weighted by molar-refractivity contribution is -0.141. The molecule has 0 saturated carbocycles. The van der Waals surface area contributed by atoms with Crippen LogP contribution in [0.1, 0.15) is 23.7 Å². The normalized spacial score (nSPS) is 11.6. The number of carboxylic acid groups (broad SMARTS) is 1. The number of hydrogen-bond donors (Lipinski definition) is 2. The molecule has 108 valence electrons. The molecule has 1 atom stereocenters. The second kappa shape index (κ2) is 7.04. The third-order valence-electron chi connectivity index (χ3n) is 2.54. The Morgan fingerprint density at radius 3 is 2.50 bits per heavy atom. The zero-order valence-corrected chi connectivity index (χ0v) is 12.6. The highest BCUT2D eigenvalue weighted by atomic mass is 79.9. The summed E-state index contributed by atoms with van der Waals surface area (Å²) in [7, 11) is 1.50. The van der Waals surface area contributed by atoms with Gasteiger partial charge in [0.2, 0.25) is 5.91 Å². The van der Waals surface area contributed by atoms with Crippen LogP contribution in [0.25, 0.3) is 0 Å². The Labute approximate surface area is 124 Å². The molecule has 6 nitrogen and oxygen atoms in total. The summed E-state index contributed by atoms with van der Waals surface area (Å²) in [6.07, 6.45) is -0.312. The fourth-order valence-corrected chi connectivity index (χ4v) is 2.13. The number of nitrogens with one attached hydrogen (secondary N) is 1. The van der Waals surface area contributed by atoms with Crippen LogP contribution in [-0.4, -0.2) is 35.9 Å². The lowest BCUT2D eigenvalue weighted by atomic mass is 10.0. The van der Waals surface area contributed by atoms with Gasteiger partial charge in [-0.05, 0) is 34.1 Å². The molecule has 1 aromatic carbocycles. The first-order valence-electron chi connectivity index (χ1n) is 5.71. The smallest absolute Gasteiger partial charge is 0.326 e. The molecule has 0 saturated heterocycles. The van der Waals surface area contributed by atoms with Gasteiger partial charge in [0.15, 0.2) is 5.78 Å². The zero-order chi connectivity index (χ0) is 15.3. The van der Waals surface area contributed by atoms with E-state index in [0.717, 1.165) is 0 Å². The van der Waals surface area contributed by atoms with Crippen LogP contribution in [0.15, 0.2) is 22.7 Å². The summed E-state index contributed by atoms with van der Waals surface area (Å²) in [5.74, 6) is -1.56. The van der Waals surface area contributed by atoms with Crippen LogP contribution in [0.3, 0.4) is 0 Å². The van der Waals surface area contributed by atoms with E-state index in [0.29, 0.717) is 15.8 Å². The lowest BCUT2D eigenvalue weighted by Crippen LogP contribution is -2.41. The van der Waals surface area contributed by atoms with E-state index in [1.54, 1.807) is 18.2 Å². The van der Waals surface area contributed by atoms with Gasteiger partial charge in [0.05, 0.1) is 11.6 Å².